The van der Waals surface area contributed by atoms with Crippen LogP contribution in [-0.4, -0.2) is 22.3 Å². The van der Waals surface area contributed by atoms with Crippen molar-refractivity contribution in [1.82, 2.24) is 9.55 Å². The molecule has 0 spiro atoms. The number of anilines is 1. The number of furan rings is 1. The van der Waals surface area contributed by atoms with E-state index in [1.165, 1.54) is 11.4 Å². The topological polar surface area (TPSA) is 61.5 Å². The summed E-state index contributed by atoms with van der Waals surface area (Å²) >= 11 is 1.60. The van der Waals surface area contributed by atoms with Gasteiger partial charge in [0, 0.05) is 22.3 Å². The Kier molecular flexibility index (Phi) is 4.96. The van der Waals surface area contributed by atoms with Gasteiger partial charge in [0.25, 0.3) is 0 Å². The fourth-order valence-corrected chi connectivity index (χ4v) is 4.46. The Morgan fingerprint density at radius 3 is 2.87 bits per heavy atom. The van der Waals surface area contributed by atoms with Gasteiger partial charge in [0.1, 0.15) is 12.4 Å². The molecule has 1 aromatic carbocycles. The van der Waals surface area contributed by atoms with Gasteiger partial charge < -0.3 is 23.8 Å². The van der Waals surface area contributed by atoms with Gasteiger partial charge in [-0.3, -0.25) is 0 Å². The van der Waals surface area contributed by atoms with E-state index in [2.05, 4.69) is 35.2 Å². The second-order valence-corrected chi connectivity index (χ2v) is 8.22. The van der Waals surface area contributed by atoms with Crippen molar-refractivity contribution in [3.05, 3.63) is 71.3 Å². The van der Waals surface area contributed by atoms with Crippen molar-refractivity contribution in [2.24, 2.45) is 0 Å². The third-order valence-electron chi connectivity index (χ3n) is 5.30. The first-order chi connectivity index (χ1) is 14.7. The maximum absolute atomic E-state index is 6.15. The Hall–Kier alpha value is -3.19. The minimum Gasteiger partial charge on any atom is -0.486 e. The van der Waals surface area contributed by atoms with Crippen LogP contribution in [0.5, 0.6) is 11.5 Å². The average Bonchev–Trinajstić information content (AvgIpc) is 3.50. The second-order valence-electron chi connectivity index (χ2n) is 7.36. The van der Waals surface area contributed by atoms with E-state index >= 15 is 0 Å². The van der Waals surface area contributed by atoms with E-state index in [1.807, 2.05) is 36.4 Å². The average molecular weight is 422 g/mol. The Morgan fingerprint density at radius 2 is 2.03 bits per heavy atom. The second kappa shape index (κ2) is 7.91. The number of nitrogens with zero attached hydrogens (tertiary/aromatic N) is 2. The number of aryl methyl sites for hydroxylation is 1. The molecule has 7 heteroatoms. The van der Waals surface area contributed by atoms with E-state index in [0.29, 0.717) is 13.2 Å². The molecule has 4 aromatic rings. The number of para-hydroxylation sites is 2. The van der Waals surface area contributed by atoms with Crippen molar-refractivity contribution in [3.8, 4) is 22.8 Å². The molecular weight excluding hydrogens is 398 g/mol. The molecule has 1 atom stereocenters. The summed E-state index contributed by atoms with van der Waals surface area (Å²) < 4.78 is 19.7. The fourth-order valence-electron chi connectivity index (χ4n) is 3.75. The standard InChI is InChI=1S/C23H23N3O3S/c1-15-10-19(20-14-30-23(25-20)24-11-17-6-5-9-27-17)16(2)26(15)12-18-13-28-21-7-3-4-8-22(21)29-18/h3-10,14,18H,11-13H2,1-2H3,(H,24,25). The number of thiazole rings is 1. The molecule has 6 nitrogen and oxygen atoms in total. The molecule has 0 saturated heterocycles. The minimum absolute atomic E-state index is 0.0292. The Balaban J connectivity index is 1.31. The number of hydrogen-bond donors (Lipinski definition) is 1. The maximum Gasteiger partial charge on any atom is 0.183 e. The van der Waals surface area contributed by atoms with Crippen molar-refractivity contribution in [3.63, 3.8) is 0 Å². The van der Waals surface area contributed by atoms with Crippen molar-refractivity contribution in [2.45, 2.75) is 33.0 Å². The highest BCUT2D eigenvalue weighted by molar-refractivity contribution is 7.14. The van der Waals surface area contributed by atoms with E-state index in [1.54, 1.807) is 17.6 Å². The van der Waals surface area contributed by atoms with Crippen molar-refractivity contribution < 1.29 is 13.9 Å². The quantitative estimate of drug-likeness (QED) is 0.459. The minimum atomic E-state index is -0.0292. The van der Waals surface area contributed by atoms with Gasteiger partial charge in [-0.2, -0.15) is 0 Å². The highest BCUT2D eigenvalue weighted by Gasteiger charge is 2.23. The van der Waals surface area contributed by atoms with Crippen LogP contribution in [0, 0.1) is 13.8 Å². The molecule has 0 amide bonds. The number of aromatic nitrogens is 2. The van der Waals surface area contributed by atoms with E-state index < -0.39 is 0 Å². The van der Waals surface area contributed by atoms with E-state index in [0.717, 1.165) is 40.2 Å². The first-order valence-corrected chi connectivity index (χ1v) is 10.8. The fraction of sp³-hybridized carbons (Fsp3) is 0.261. The van der Waals surface area contributed by atoms with Crippen LogP contribution in [0.15, 0.2) is 58.5 Å². The number of rotatable bonds is 6. The molecule has 0 fully saturated rings. The van der Waals surface area contributed by atoms with Crippen molar-refractivity contribution in [1.29, 1.82) is 0 Å². The molecule has 4 heterocycles. The Bertz CT molecular complexity index is 1150. The molecule has 0 aliphatic carbocycles. The first-order valence-electron chi connectivity index (χ1n) is 9.95. The summed E-state index contributed by atoms with van der Waals surface area (Å²) in [4.78, 5) is 4.77. The normalized spacial score (nSPS) is 15.3. The number of benzene rings is 1. The predicted molar refractivity (Wildman–Crippen MR) is 117 cm³/mol. The third kappa shape index (κ3) is 3.68. The van der Waals surface area contributed by atoms with Gasteiger partial charge in [-0.25, -0.2) is 4.98 Å². The molecule has 0 radical (unpaired) electrons. The Morgan fingerprint density at radius 1 is 1.17 bits per heavy atom. The lowest BCUT2D eigenvalue weighted by molar-refractivity contribution is 0.0778. The zero-order chi connectivity index (χ0) is 20.5. The number of fused-ring (bicyclic) bond motifs is 1. The van der Waals surface area contributed by atoms with Crippen LogP contribution < -0.4 is 14.8 Å². The van der Waals surface area contributed by atoms with Crippen LogP contribution in [0.4, 0.5) is 5.13 Å². The SMILES string of the molecule is Cc1cc(-c2csc(NCc3ccco3)n2)c(C)n1CC1COc2ccccc2O1. The lowest BCUT2D eigenvalue weighted by Crippen LogP contribution is -2.33. The molecule has 1 aliphatic heterocycles. The molecule has 5 rings (SSSR count). The number of hydrogen-bond acceptors (Lipinski definition) is 6. The van der Waals surface area contributed by atoms with Crippen LogP contribution in [0.2, 0.25) is 0 Å². The summed E-state index contributed by atoms with van der Waals surface area (Å²) in [6.07, 6.45) is 1.65. The molecule has 30 heavy (non-hydrogen) atoms. The van der Waals surface area contributed by atoms with Crippen LogP contribution in [0.3, 0.4) is 0 Å². The van der Waals surface area contributed by atoms with Crippen LogP contribution >= 0.6 is 11.3 Å². The van der Waals surface area contributed by atoms with E-state index in [-0.39, 0.29) is 6.10 Å². The molecule has 1 aliphatic rings. The van der Waals surface area contributed by atoms with Crippen LogP contribution in [0.25, 0.3) is 11.3 Å². The van der Waals surface area contributed by atoms with Crippen LogP contribution in [-0.2, 0) is 13.1 Å². The zero-order valence-corrected chi connectivity index (χ0v) is 17.7. The van der Waals surface area contributed by atoms with E-state index in [9.17, 15) is 0 Å². The summed E-state index contributed by atoms with van der Waals surface area (Å²) in [5.41, 5.74) is 4.49. The highest BCUT2D eigenvalue weighted by atomic mass is 32.1. The summed E-state index contributed by atoms with van der Waals surface area (Å²) in [5.74, 6) is 2.51. The largest absolute Gasteiger partial charge is 0.486 e. The number of nitrogens with one attached hydrogen (secondary N) is 1. The number of ether oxygens (including phenoxy) is 2. The first kappa shape index (κ1) is 18.8. The zero-order valence-electron chi connectivity index (χ0n) is 16.9. The smallest absolute Gasteiger partial charge is 0.183 e. The highest BCUT2D eigenvalue weighted by Crippen LogP contribution is 2.33. The summed E-state index contributed by atoms with van der Waals surface area (Å²) in [6.45, 7) is 6.16. The van der Waals surface area contributed by atoms with Crippen LogP contribution in [0.1, 0.15) is 17.1 Å². The van der Waals surface area contributed by atoms with Gasteiger partial charge in [0.05, 0.1) is 25.0 Å². The van der Waals surface area contributed by atoms with E-state index in [4.69, 9.17) is 18.9 Å². The van der Waals surface area contributed by atoms with Gasteiger partial charge in [0.15, 0.2) is 22.7 Å². The van der Waals surface area contributed by atoms with Gasteiger partial charge in [-0.15, -0.1) is 11.3 Å². The van der Waals surface area contributed by atoms with Gasteiger partial charge in [-0.1, -0.05) is 12.1 Å². The summed E-state index contributed by atoms with van der Waals surface area (Å²) in [7, 11) is 0. The lowest BCUT2D eigenvalue weighted by Gasteiger charge is -2.27. The summed E-state index contributed by atoms with van der Waals surface area (Å²) in [5, 5.41) is 6.30. The van der Waals surface area contributed by atoms with Gasteiger partial charge >= 0.3 is 0 Å². The van der Waals surface area contributed by atoms with Gasteiger partial charge in [-0.05, 0) is 44.2 Å². The third-order valence-corrected chi connectivity index (χ3v) is 6.10. The molecule has 3 aromatic heterocycles. The summed E-state index contributed by atoms with van der Waals surface area (Å²) in [6, 6.07) is 13.8. The molecular formula is C23H23N3O3S. The predicted octanol–water partition coefficient (Wildman–Crippen LogP) is 5.27. The molecule has 0 bridgehead atoms. The lowest BCUT2D eigenvalue weighted by atomic mass is 10.2. The van der Waals surface area contributed by atoms with Crippen molar-refractivity contribution >= 4 is 16.5 Å². The van der Waals surface area contributed by atoms with Crippen molar-refractivity contribution in [2.75, 3.05) is 11.9 Å². The molecule has 154 valence electrons. The molecule has 1 N–H and O–H groups in total. The maximum atomic E-state index is 6.15. The monoisotopic (exact) mass is 421 g/mol. The van der Waals surface area contributed by atoms with Gasteiger partial charge in [0.2, 0.25) is 0 Å². The molecule has 1 unspecified atom stereocenters. The Labute approximate surface area is 179 Å². The molecule has 0 saturated carbocycles.